The van der Waals surface area contributed by atoms with Gasteiger partial charge in [0.1, 0.15) is 17.4 Å². The molecule has 0 aromatic heterocycles. The fraction of sp³-hybridized carbons (Fsp3) is 0.235. The van der Waals surface area contributed by atoms with Crippen LogP contribution >= 0.6 is 11.8 Å². The molecular formula is C34H29F4N3OS. The van der Waals surface area contributed by atoms with E-state index in [0.29, 0.717) is 12.8 Å². The first-order valence-corrected chi connectivity index (χ1v) is 14.8. The topological polar surface area (TPSA) is 64.9 Å². The molecular weight excluding hydrogens is 574 g/mol. The van der Waals surface area contributed by atoms with Gasteiger partial charge in [0.15, 0.2) is 0 Å². The normalized spacial score (nSPS) is 15.6. The number of benzene rings is 4. The Morgan fingerprint density at radius 1 is 0.814 bits per heavy atom. The highest BCUT2D eigenvalue weighted by Crippen LogP contribution is 2.49. The molecule has 2 atom stereocenters. The number of hydrogen-bond acceptors (Lipinski definition) is 4. The molecule has 0 heterocycles. The van der Waals surface area contributed by atoms with Crippen molar-refractivity contribution in [1.82, 2.24) is 10.6 Å². The Labute approximate surface area is 252 Å². The van der Waals surface area contributed by atoms with Crippen LogP contribution in [0, 0.1) is 17.1 Å². The maximum Gasteiger partial charge on any atom is 0.407 e. The van der Waals surface area contributed by atoms with E-state index in [-0.39, 0.29) is 11.3 Å². The summed E-state index contributed by atoms with van der Waals surface area (Å²) in [5, 5.41) is 14.8. The molecule has 1 amide bonds. The van der Waals surface area contributed by atoms with Gasteiger partial charge in [-0.1, -0.05) is 103 Å². The lowest BCUT2D eigenvalue weighted by Gasteiger charge is -2.37. The summed E-state index contributed by atoms with van der Waals surface area (Å²) in [7, 11) is 0. The highest BCUT2D eigenvalue weighted by atomic mass is 32.2. The summed E-state index contributed by atoms with van der Waals surface area (Å²) in [5.74, 6) is -1.46. The molecule has 0 spiro atoms. The molecule has 220 valence electrons. The average molecular weight is 604 g/mol. The van der Waals surface area contributed by atoms with Crippen LogP contribution in [0.15, 0.2) is 115 Å². The molecule has 2 N–H and O–H groups in total. The third-order valence-electron chi connectivity index (χ3n) is 7.55. The van der Waals surface area contributed by atoms with Crippen molar-refractivity contribution in [2.45, 2.75) is 41.4 Å². The molecule has 4 aromatic carbocycles. The fourth-order valence-corrected chi connectivity index (χ4v) is 6.70. The molecule has 0 saturated heterocycles. The van der Waals surface area contributed by atoms with Crippen molar-refractivity contribution in [3.05, 3.63) is 143 Å². The van der Waals surface area contributed by atoms with Crippen molar-refractivity contribution in [3.8, 4) is 6.07 Å². The van der Waals surface area contributed by atoms with Crippen LogP contribution in [0.4, 0.5) is 17.6 Å². The highest BCUT2D eigenvalue weighted by molar-refractivity contribution is 8.00. The van der Waals surface area contributed by atoms with Crippen molar-refractivity contribution >= 4 is 17.7 Å². The van der Waals surface area contributed by atoms with Gasteiger partial charge in [-0.25, -0.2) is 4.39 Å². The Kier molecular flexibility index (Phi) is 8.90. The van der Waals surface area contributed by atoms with Crippen molar-refractivity contribution in [3.63, 3.8) is 0 Å². The van der Waals surface area contributed by atoms with E-state index in [4.69, 9.17) is 0 Å². The number of halogens is 4. The number of thioether (sulfide) groups is 1. The summed E-state index contributed by atoms with van der Waals surface area (Å²) in [6, 6.07) is 31.3. The first kappa shape index (κ1) is 30.3. The Balaban J connectivity index is 1.58. The molecule has 4 nitrogen and oxygen atoms in total. The van der Waals surface area contributed by atoms with E-state index in [1.807, 2.05) is 91.0 Å². The zero-order valence-electron chi connectivity index (χ0n) is 23.0. The molecule has 0 aliphatic heterocycles. The predicted molar refractivity (Wildman–Crippen MR) is 160 cm³/mol. The van der Waals surface area contributed by atoms with Crippen LogP contribution in [0.5, 0.6) is 0 Å². The summed E-state index contributed by atoms with van der Waals surface area (Å²) >= 11 is 1.34. The lowest BCUT2D eigenvalue weighted by Crippen LogP contribution is -2.53. The summed E-state index contributed by atoms with van der Waals surface area (Å²) in [4.78, 5) is 13.7. The minimum atomic E-state index is -4.79. The van der Waals surface area contributed by atoms with Gasteiger partial charge in [-0.2, -0.15) is 18.4 Å². The third-order valence-corrected chi connectivity index (χ3v) is 9.19. The second-order valence-corrected chi connectivity index (χ2v) is 11.8. The van der Waals surface area contributed by atoms with Gasteiger partial charge in [0.05, 0.1) is 16.9 Å². The maximum atomic E-state index is 14.5. The number of carbonyl (C=O) groups excluding carboxylic acids is 1. The van der Waals surface area contributed by atoms with Crippen molar-refractivity contribution in [2.24, 2.45) is 0 Å². The van der Waals surface area contributed by atoms with E-state index in [9.17, 15) is 27.6 Å². The molecule has 1 unspecified atom stereocenters. The van der Waals surface area contributed by atoms with Crippen LogP contribution in [0.3, 0.4) is 0 Å². The average Bonchev–Trinajstić information content (AvgIpc) is 3.80. The fourth-order valence-electron chi connectivity index (χ4n) is 5.13. The molecule has 9 heteroatoms. The number of carbonyl (C=O) groups is 1. The molecule has 0 radical (unpaired) electrons. The molecule has 4 aromatic rings. The quantitative estimate of drug-likeness (QED) is 0.140. The van der Waals surface area contributed by atoms with Gasteiger partial charge < -0.3 is 5.32 Å². The Bertz CT molecular complexity index is 1460. The molecule has 43 heavy (non-hydrogen) atoms. The Hall–Kier alpha value is -4.13. The number of alkyl halides is 3. The third kappa shape index (κ3) is 6.76. The molecule has 1 aliphatic carbocycles. The first-order chi connectivity index (χ1) is 20.7. The van der Waals surface area contributed by atoms with Crippen molar-refractivity contribution in [1.29, 1.82) is 5.26 Å². The van der Waals surface area contributed by atoms with E-state index in [1.54, 1.807) is 0 Å². The molecule has 0 bridgehead atoms. The molecule has 1 saturated carbocycles. The van der Waals surface area contributed by atoms with Gasteiger partial charge in [0.25, 0.3) is 0 Å². The van der Waals surface area contributed by atoms with Crippen LogP contribution < -0.4 is 10.6 Å². The van der Waals surface area contributed by atoms with Crippen molar-refractivity contribution in [2.75, 3.05) is 5.75 Å². The van der Waals surface area contributed by atoms with Gasteiger partial charge >= 0.3 is 6.18 Å². The molecule has 1 fully saturated rings. The van der Waals surface area contributed by atoms with Gasteiger partial charge in [0, 0.05) is 5.75 Å². The Morgan fingerprint density at radius 2 is 1.28 bits per heavy atom. The minimum Gasteiger partial charge on any atom is -0.336 e. The molecule has 5 rings (SSSR count). The number of nitrogens with one attached hydrogen (secondary N) is 2. The number of hydrogen-bond donors (Lipinski definition) is 2. The lowest BCUT2D eigenvalue weighted by molar-refractivity contribution is -0.160. The smallest absolute Gasteiger partial charge is 0.336 e. The summed E-state index contributed by atoms with van der Waals surface area (Å²) in [6.07, 6.45) is -3.93. The standard InChI is InChI=1S/C34H29F4N3OS/c35-28-18-16-24(17-19-28)30(34(36,37)38)40-29(31(42)41-32(23-39)20-21-32)22-43-33(25-10-4-1-5-11-25,26-12-6-2-7-13-26)27-14-8-3-9-15-27/h1-19,29-30,40H,20-22H2,(H,41,42)/t29?,30-/m1/s1. The van der Waals surface area contributed by atoms with E-state index in [0.717, 1.165) is 41.0 Å². The van der Waals surface area contributed by atoms with Gasteiger partial charge in [0.2, 0.25) is 5.91 Å². The van der Waals surface area contributed by atoms with Crippen LogP contribution in [0.1, 0.15) is 41.1 Å². The van der Waals surface area contributed by atoms with E-state index < -0.39 is 40.3 Å². The molecule has 1 aliphatic rings. The number of nitriles is 1. The van der Waals surface area contributed by atoms with Gasteiger partial charge in [-0.3, -0.25) is 10.1 Å². The zero-order valence-corrected chi connectivity index (χ0v) is 23.8. The SMILES string of the molecule is N#CC1(NC(=O)C(CSC(c2ccccc2)(c2ccccc2)c2ccccc2)N[C@H](c2ccc(F)cc2)C(F)(F)F)CC1. The monoisotopic (exact) mass is 603 g/mol. The largest absolute Gasteiger partial charge is 0.407 e. The first-order valence-electron chi connectivity index (χ1n) is 13.8. The van der Waals surface area contributed by atoms with Crippen LogP contribution in [-0.2, 0) is 9.54 Å². The van der Waals surface area contributed by atoms with E-state index >= 15 is 0 Å². The summed E-state index contributed by atoms with van der Waals surface area (Å²) < 4.78 is 56.1. The number of amides is 1. The second-order valence-electron chi connectivity index (χ2n) is 10.5. The number of rotatable bonds is 11. The van der Waals surface area contributed by atoms with Gasteiger partial charge in [-0.15, -0.1) is 11.8 Å². The van der Waals surface area contributed by atoms with E-state index in [1.165, 1.54) is 11.8 Å². The van der Waals surface area contributed by atoms with Crippen LogP contribution in [0.2, 0.25) is 0 Å². The lowest BCUT2D eigenvalue weighted by atomic mass is 9.84. The van der Waals surface area contributed by atoms with Crippen LogP contribution in [0.25, 0.3) is 0 Å². The number of nitrogens with zero attached hydrogens (tertiary/aromatic N) is 1. The second kappa shape index (κ2) is 12.6. The van der Waals surface area contributed by atoms with Crippen LogP contribution in [-0.4, -0.2) is 29.4 Å². The summed E-state index contributed by atoms with van der Waals surface area (Å²) in [5.41, 5.74) is 1.36. The maximum absolute atomic E-state index is 14.5. The van der Waals surface area contributed by atoms with E-state index in [2.05, 4.69) is 16.7 Å². The predicted octanol–water partition coefficient (Wildman–Crippen LogP) is 7.28. The van der Waals surface area contributed by atoms with Gasteiger partial charge in [-0.05, 0) is 47.2 Å². The van der Waals surface area contributed by atoms with Crippen molar-refractivity contribution < 1.29 is 22.4 Å². The summed E-state index contributed by atoms with van der Waals surface area (Å²) in [6.45, 7) is 0. The Morgan fingerprint density at radius 3 is 1.67 bits per heavy atom. The highest BCUT2D eigenvalue weighted by Gasteiger charge is 2.48. The minimum absolute atomic E-state index is 0.0835. The zero-order chi connectivity index (χ0) is 30.5.